The van der Waals surface area contributed by atoms with Gasteiger partial charge in [-0.15, -0.1) is 0 Å². The Balaban J connectivity index is 1.44. The molecule has 1 amide bonds. The first-order valence-electron chi connectivity index (χ1n) is 24.8. The normalized spacial score (nSPS) is 16.8. The minimum absolute atomic E-state index is 0.0143. The van der Waals surface area contributed by atoms with Crippen molar-refractivity contribution in [2.45, 2.75) is 122 Å². The van der Waals surface area contributed by atoms with Gasteiger partial charge in [0, 0.05) is 39.3 Å². The van der Waals surface area contributed by atoms with Crippen molar-refractivity contribution < 1.29 is 51.5 Å². The third kappa shape index (κ3) is 16.0. The number of anilines is 1. The lowest BCUT2D eigenvalue weighted by Crippen LogP contribution is -2.39. The molecular weight excluding hydrogens is 1000 g/mol. The number of imidazole rings is 1. The number of amides is 1. The SMILES string of the molecule is COc1ccc(C(OC[C@H]2O[C@@H](n3cnc4c(OCCO[Si](C)(C)C)nc(NC(=O)OCC[Si](C)(C)C)nc43)C[C@@H]2OP(OCCSC(C)=O)N(C(C)C)C(C)C)(c2ccccc2)c2ccc(OC)cc2)cc1. The van der Waals surface area contributed by atoms with Gasteiger partial charge in [-0.3, -0.25) is 14.7 Å². The zero-order valence-corrected chi connectivity index (χ0v) is 48.4. The number of rotatable bonds is 27. The third-order valence-corrected chi connectivity index (χ3v) is 17.4. The van der Waals surface area contributed by atoms with Crippen LogP contribution in [0.15, 0.2) is 85.2 Å². The van der Waals surface area contributed by atoms with Crippen LogP contribution in [0.1, 0.15) is 64.0 Å². The average molecular weight is 1080 g/mol. The average Bonchev–Trinajstić information content (AvgIpc) is 3.95. The van der Waals surface area contributed by atoms with E-state index >= 15 is 0 Å². The van der Waals surface area contributed by atoms with Gasteiger partial charge in [-0.25, -0.2) is 14.4 Å². The van der Waals surface area contributed by atoms with Crippen LogP contribution in [-0.2, 0) is 38.1 Å². The van der Waals surface area contributed by atoms with E-state index in [4.69, 9.17) is 51.9 Å². The molecule has 1 aliphatic heterocycles. The monoisotopic (exact) mass is 1080 g/mol. The van der Waals surface area contributed by atoms with Crippen LogP contribution in [0, 0.1) is 0 Å². The number of hydrogen-bond donors (Lipinski definition) is 1. The molecule has 1 N–H and O–H groups in total. The molecule has 4 atom stereocenters. The number of nitrogens with zero attached hydrogens (tertiary/aromatic N) is 5. The highest BCUT2D eigenvalue weighted by molar-refractivity contribution is 8.13. The second kappa shape index (κ2) is 26.3. The lowest BCUT2D eigenvalue weighted by Gasteiger charge is -2.39. The molecule has 0 spiro atoms. The summed E-state index contributed by atoms with van der Waals surface area (Å²) in [6.45, 7) is 24.1. The Kier molecular flexibility index (Phi) is 20.8. The number of hydrogen-bond acceptors (Lipinski definition) is 16. The fourth-order valence-corrected chi connectivity index (χ4v) is 12.0. The molecule has 398 valence electrons. The van der Waals surface area contributed by atoms with Crippen molar-refractivity contribution in [3.8, 4) is 17.4 Å². The highest BCUT2D eigenvalue weighted by Crippen LogP contribution is 2.51. The second-order valence-electron chi connectivity index (χ2n) is 20.4. The Morgan fingerprint density at radius 3 is 2.03 bits per heavy atom. The maximum atomic E-state index is 13.2. The quantitative estimate of drug-likeness (QED) is 0.0227. The number of aromatic nitrogens is 4. The summed E-state index contributed by atoms with van der Waals surface area (Å²) >= 11 is 1.21. The lowest BCUT2D eigenvalue weighted by molar-refractivity contribution is -0.109. The van der Waals surface area contributed by atoms with Crippen molar-refractivity contribution >= 4 is 65.0 Å². The number of fused-ring (bicyclic) bond motifs is 1. The van der Waals surface area contributed by atoms with E-state index in [-0.39, 0.29) is 48.8 Å². The first-order valence-corrected chi connectivity index (χ1v) is 34.0. The molecule has 1 aliphatic rings. The molecule has 21 heteroatoms. The number of carbonyl (C=O) groups is 2. The van der Waals surface area contributed by atoms with Crippen LogP contribution in [0.2, 0.25) is 45.3 Å². The van der Waals surface area contributed by atoms with Crippen molar-refractivity contribution in [2.75, 3.05) is 58.3 Å². The van der Waals surface area contributed by atoms with E-state index in [1.54, 1.807) is 27.5 Å². The number of methoxy groups -OCH3 is 2. The summed E-state index contributed by atoms with van der Waals surface area (Å²) in [4.78, 5) is 39.4. The van der Waals surface area contributed by atoms with Crippen molar-refractivity contribution in [3.63, 3.8) is 0 Å². The highest BCUT2D eigenvalue weighted by atomic mass is 32.2. The molecule has 2 aromatic heterocycles. The number of benzene rings is 3. The van der Waals surface area contributed by atoms with E-state index in [1.807, 2.05) is 71.3 Å². The summed E-state index contributed by atoms with van der Waals surface area (Å²) in [5, 5.41) is 2.75. The predicted octanol–water partition coefficient (Wildman–Crippen LogP) is 11.3. The van der Waals surface area contributed by atoms with Crippen LogP contribution in [0.25, 0.3) is 11.2 Å². The summed E-state index contributed by atoms with van der Waals surface area (Å²) < 4.78 is 61.6. The maximum absolute atomic E-state index is 13.2. The van der Waals surface area contributed by atoms with Gasteiger partial charge in [-0.1, -0.05) is 86.0 Å². The van der Waals surface area contributed by atoms with Crippen LogP contribution >= 0.6 is 20.3 Å². The molecule has 3 heterocycles. The van der Waals surface area contributed by atoms with Crippen LogP contribution in [0.5, 0.6) is 17.4 Å². The van der Waals surface area contributed by atoms with E-state index < -0.39 is 55.0 Å². The summed E-state index contributed by atoms with van der Waals surface area (Å²) in [6, 6.07) is 26.7. The molecule has 0 aliphatic carbocycles. The Labute approximate surface area is 438 Å². The topological polar surface area (TPSA) is 176 Å². The van der Waals surface area contributed by atoms with Gasteiger partial charge in [-0.05, 0) is 94.3 Å². The van der Waals surface area contributed by atoms with Gasteiger partial charge in [-0.2, -0.15) is 9.97 Å². The summed E-state index contributed by atoms with van der Waals surface area (Å²) in [5.41, 5.74) is 2.16. The zero-order valence-electron chi connectivity index (χ0n) is 44.7. The van der Waals surface area contributed by atoms with Crippen LogP contribution in [0.3, 0.4) is 0 Å². The molecule has 0 bridgehead atoms. The third-order valence-electron chi connectivity index (χ3n) is 11.7. The molecule has 3 aromatic carbocycles. The molecular formula is C52H75N6O11PSSi2. The van der Waals surface area contributed by atoms with Gasteiger partial charge >= 0.3 is 6.09 Å². The smallest absolute Gasteiger partial charge is 0.414 e. The largest absolute Gasteiger partial charge is 0.497 e. The van der Waals surface area contributed by atoms with Gasteiger partial charge < -0.3 is 41.9 Å². The molecule has 0 radical (unpaired) electrons. The molecule has 1 unspecified atom stereocenters. The molecule has 1 saturated heterocycles. The van der Waals surface area contributed by atoms with Crippen LogP contribution in [-0.4, -0.2) is 129 Å². The minimum atomic E-state index is -1.84. The van der Waals surface area contributed by atoms with Gasteiger partial charge in [0.25, 0.3) is 8.53 Å². The van der Waals surface area contributed by atoms with Crippen molar-refractivity contribution in [1.82, 2.24) is 24.2 Å². The Bertz CT molecular complexity index is 2480. The fourth-order valence-electron chi connectivity index (χ4n) is 8.28. The van der Waals surface area contributed by atoms with Crippen molar-refractivity contribution in [2.24, 2.45) is 0 Å². The van der Waals surface area contributed by atoms with Gasteiger partial charge in [0.05, 0.1) is 53.1 Å². The first kappa shape index (κ1) is 57.8. The molecule has 1 fully saturated rings. The van der Waals surface area contributed by atoms with E-state index in [9.17, 15) is 9.59 Å². The van der Waals surface area contributed by atoms with Gasteiger partial charge in [0.15, 0.2) is 24.6 Å². The van der Waals surface area contributed by atoms with E-state index in [1.165, 1.54) is 11.8 Å². The molecule has 0 saturated carbocycles. The Morgan fingerprint density at radius 2 is 1.47 bits per heavy atom. The standard InChI is InChI=1S/C52H75N6O11PSSi2/c1-36(2)58(37(3)4)70(66-29-31-71-38(5)59)69-44-33-46(57-35-53-47-48(57)54-50(56-51(60)64-30-32-72(8,9)10)55-49(47)63-27-28-67-73(11,12)13)68-45(44)34-65-52(39-17-15-14-16-18-39,40-19-23-42(61-6)24-20-40)41-21-25-43(62-7)26-22-41/h14-26,35-37,44-46H,27-34H2,1-13H3,(H,54,55,56,60)/t44-,45+,46+,70?/m0/s1. The Hall–Kier alpha value is -4.48. The van der Waals surface area contributed by atoms with Crippen molar-refractivity contribution in [3.05, 3.63) is 102 Å². The van der Waals surface area contributed by atoms with Gasteiger partial charge in [0.2, 0.25) is 11.8 Å². The summed E-state index contributed by atoms with van der Waals surface area (Å²) in [7, 11) is -1.74. The van der Waals surface area contributed by atoms with E-state index in [0.29, 0.717) is 48.1 Å². The molecule has 6 rings (SSSR count). The fraction of sp³-hybridized carbons (Fsp3) is 0.519. The number of thioether (sulfide) groups is 1. The summed E-state index contributed by atoms with van der Waals surface area (Å²) in [6.07, 6.45) is -0.721. The second-order valence-corrected chi connectivity index (χ2v) is 33.2. The minimum Gasteiger partial charge on any atom is -0.497 e. The maximum Gasteiger partial charge on any atom is 0.414 e. The van der Waals surface area contributed by atoms with E-state index in [0.717, 1.165) is 22.7 Å². The van der Waals surface area contributed by atoms with E-state index in [2.05, 4.69) is 94.1 Å². The van der Waals surface area contributed by atoms with Crippen LogP contribution < -0.4 is 19.5 Å². The van der Waals surface area contributed by atoms with Crippen LogP contribution in [0.4, 0.5) is 10.7 Å². The first-order chi connectivity index (χ1) is 34.7. The van der Waals surface area contributed by atoms with Crippen molar-refractivity contribution in [1.29, 1.82) is 0 Å². The highest BCUT2D eigenvalue weighted by Gasteiger charge is 2.45. The predicted molar refractivity (Wildman–Crippen MR) is 293 cm³/mol. The number of carbonyl (C=O) groups excluding carboxylic acids is 2. The zero-order chi connectivity index (χ0) is 52.9. The Morgan fingerprint density at radius 1 is 0.849 bits per heavy atom. The lowest BCUT2D eigenvalue weighted by atomic mass is 9.80. The molecule has 73 heavy (non-hydrogen) atoms. The summed E-state index contributed by atoms with van der Waals surface area (Å²) in [5.74, 6) is 2.03. The number of ether oxygens (including phenoxy) is 6. The number of nitrogens with one attached hydrogen (secondary N) is 1. The molecule has 17 nitrogen and oxygen atoms in total. The molecule has 5 aromatic rings. The van der Waals surface area contributed by atoms with Gasteiger partial charge in [0.1, 0.15) is 36.0 Å².